The average Bonchev–Trinajstić information content (AvgIpc) is 3.22. The van der Waals surface area contributed by atoms with Gasteiger partial charge in [-0.15, -0.1) is 22.7 Å². The standard InChI is InChI=1S/C17H18BrN3O2S2/c18-14-4-3-13(25-14)12-9-24-17(19-12)20-15(22)10-5-7-21(8-6-10)16(23)11-1-2-11/h3-4,9-11H,1-2,5-8H2,(H,19,20,22). The molecule has 8 heteroatoms. The Balaban J connectivity index is 1.32. The van der Waals surface area contributed by atoms with Crippen molar-refractivity contribution in [2.75, 3.05) is 18.4 Å². The van der Waals surface area contributed by atoms with Gasteiger partial charge in [0.05, 0.1) is 14.4 Å². The van der Waals surface area contributed by atoms with Crippen LogP contribution in [-0.4, -0.2) is 34.8 Å². The molecular weight excluding hydrogens is 422 g/mol. The molecule has 0 aromatic carbocycles. The summed E-state index contributed by atoms with van der Waals surface area (Å²) < 4.78 is 1.06. The second kappa shape index (κ2) is 7.17. The third kappa shape index (κ3) is 3.96. The molecule has 0 bridgehead atoms. The summed E-state index contributed by atoms with van der Waals surface area (Å²) in [6.07, 6.45) is 3.54. The van der Waals surface area contributed by atoms with Crippen molar-refractivity contribution < 1.29 is 9.59 Å². The van der Waals surface area contributed by atoms with E-state index in [1.807, 2.05) is 22.4 Å². The fourth-order valence-electron chi connectivity index (χ4n) is 3.05. The molecule has 25 heavy (non-hydrogen) atoms. The smallest absolute Gasteiger partial charge is 0.229 e. The predicted molar refractivity (Wildman–Crippen MR) is 104 cm³/mol. The van der Waals surface area contributed by atoms with Crippen molar-refractivity contribution >= 4 is 55.5 Å². The highest BCUT2D eigenvalue weighted by molar-refractivity contribution is 9.11. The summed E-state index contributed by atoms with van der Waals surface area (Å²) in [5.41, 5.74) is 0.890. The number of thiazole rings is 1. The highest BCUT2D eigenvalue weighted by Crippen LogP contribution is 2.34. The largest absolute Gasteiger partial charge is 0.342 e. The lowest BCUT2D eigenvalue weighted by atomic mass is 9.95. The number of halogens is 1. The van der Waals surface area contributed by atoms with Crippen LogP contribution < -0.4 is 5.32 Å². The summed E-state index contributed by atoms with van der Waals surface area (Å²) in [7, 11) is 0. The topological polar surface area (TPSA) is 62.3 Å². The van der Waals surface area contributed by atoms with Gasteiger partial charge in [-0.05, 0) is 53.7 Å². The number of nitrogens with zero attached hydrogens (tertiary/aromatic N) is 2. The van der Waals surface area contributed by atoms with E-state index in [1.165, 1.54) is 11.3 Å². The summed E-state index contributed by atoms with van der Waals surface area (Å²) >= 11 is 6.52. The first-order valence-electron chi connectivity index (χ1n) is 8.41. The van der Waals surface area contributed by atoms with Crippen molar-refractivity contribution in [3.8, 4) is 10.6 Å². The van der Waals surface area contributed by atoms with Gasteiger partial charge < -0.3 is 10.2 Å². The molecule has 1 aliphatic carbocycles. The Morgan fingerprint density at radius 2 is 1.92 bits per heavy atom. The molecule has 4 rings (SSSR count). The molecular formula is C17H18BrN3O2S2. The molecule has 2 aliphatic rings. The third-order valence-corrected chi connectivity index (χ3v) is 7.07. The van der Waals surface area contributed by atoms with Gasteiger partial charge in [0.2, 0.25) is 11.8 Å². The third-order valence-electron chi connectivity index (χ3n) is 4.66. The lowest BCUT2D eigenvalue weighted by Crippen LogP contribution is -2.42. The van der Waals surface area contributed by atoms with Gasteiger partial charge in [-0.25, -0.2) is 4.98 Å². The van der Waals surface area contributed by atoms with Crippen LogP contribution in [0.2, 0.25) is 0 Å². The van der Waals surface area contributed by atoms with E-state index in [1.54, 1.807) is 11.3 Å². The zero-order valence-electron chi connectivity index (χ0n) is 13.5. The second-order valence-corrected chi connectivity index (χ2v) is 9.83. The Bertz CT molecular complexity index is 791. The van der Waals surface area contributed by atoms with Crippen LogP contribution in [0.3, 0.4) is 0 Å². The maximum absolute atomic E-state index is 12.5. The Labute approximate surface area is 162 Å². The lowest BCUT2D eigenvalue weighted by molar-refractivity contribution is -0.135. The highest BCUT2D eigenvalue weighted by Gasteiger charge is 2.36. The van der Waals surface area contributed by atoms with Gasteiger partial charge in [-0.2, -0.15) is 0 Å². The number of carbonyl (C=O) groups is 2. The molecule has 0 atom stereocenters. The molecule has 1 N–H and O–H groups in total. The monoisotopic (exact) mass is 439 g/mol. The number of hydrogen-bond acceptors (Lipinski definition) is 5. The molecule has 0 unspecified atom stereocenters. The minimum Gasteiger partial charge on any atom is -0.342 e. The van der Waals surface area contributed by atoms with Crippen LogP contribution in [0.5, 0.6) is 0 Å². The van der Waals surface area contributed by atoms with E-state index in [0.29, 0.717) is 18.2 Å². The maximum Gasteiger partial charge on any atom is 0.229 e. The molecule has 2 amide bonds. The Morgan fingerprint density at radius 1 is 1.16 bits per heavy atom. The first-order valence-corrected chi connectivity index (χ1v) is 10.9. The van der Waals surface area contributed by atoms with Gasteiger partial charge in [-0.1, -0.05) is 0 Å². The Kier molecular flexibility index (Phi) is 4.92. The van der Waals surface area contributed by atoms with Gasteiger partial charge in [0.1, 0.15) is 0 Å². The summed E-state index contributed by atoms with van der Waals surface area (Å²) in [5.74, 6) is 0.528. The number of thiophene rings is 1. The summed E-state index contributed by atoms with van der Waals surface area (Å²) in [5, 5.41) is 5.55. The summed E-state index contributed by atoms with van der Waals surface area (Å²) in [6, 6.07) is 4.01. The molecule has 2 aromatic rings. The zero-order valence-corrected chi connectivity index (χ0v) is 16.8. The molecule has 1 saturated carbocycles. The molecule has 5 nitrogen and oxygen atoms in total. The maximum atomic E-state index is 12.5. The minimum absolute atomic E-state index is 0.0202. The van der Waals surface area contributed by atoms with Crippen LogP contribution >= 0.6 is 38.6 Å². The van der Waals surface area contributed by atoms with Crippen molar-refractivity contribution in [3.63, 3.8) is 0 Å². The average molecular weight is 440 g/mol. The van der Waals surface area contributed by atoms with Gasteiger partial charge in [0, 0.05) is 30.3 Å². The minimum atomic E-state index is -0.0357. The normalized spacial score (nSPS) is 18.4. The van der Waals surface area contributed by atoms with Crippen molar-refractivity contribution in [3.05, 3.63) is 21.3 Å². The van der Waals surface area contributed by atoms with Gasteiger partial charge >= 0.3 is 0 Å². The van der Waals surface area contributed by atoms with E-state index in [2.05, 4.69) is 26.2 Å². The summed E-state index contributed by atoms with van der Waals surface area (Å²) in [4.78, 5) is 32.1. The number of anilines is 1. The van der Waals surface area contributed by atoms with E-state index in [9.17, 15) is 9.59 Å². The molecule has 0 radical (unpaired) electrons. The van der Waals surface area contributed by atoms with Crippen LogP contribution in [0.25, 0.3) is 10.6 Å². The van der Waals surface area contributed by atoms with E-state index in [0.717, 1.165) is 40.0 Å². The van der Waals surface area contributed by atoms with E-state index >= 15 is 0 Å². The number of likely N-dealkylation sites (tertiary alicyclic amines) is 1. The quantitative estimate of drug-likeness (QED) is 0.775. The van der Waals surface area contributed by atoms with Crippen molar-refractivity contribution in [2.45, 2.75) is 25.7 Å². The summed E-state index contributed by atoms with van der Waals surface area (Å²) in [6.45, 7) is 1.39. The van der Waals surface area contributed by atoms with E-state index in [-0.39, 0.29) is 23.7 Å². The fourth-order valence-corrected chi connectivity index (χ4v) is 5.19. The van der Waals surface area contributed by atoms with Gasteiger partial charge in [0.15, 0.2) is 5.13 Å². The highest BCUT2D eigenvalue weighted by atomic mass is 79.9. The van der Waals surface area contributed by atoms with Crippen LogP contribution in [0.4, 0.5) is 5.13 Å². The first kappa shape index (κ1) is 17.2. The molecule has 3 heterocycles. The Morgan fingerprint density at radius 3 is 2.56 bits per heavy atom. The molecule has 0 spiro atoms. The number of nitrogens with one attached hydrogen (secondary N) is 1. The zero-order chi connectivity index (χ0) is 17.4. The SMILES string of the molecule is O=C(Nc1nc(-c2ccc(Br)s2)cs1)C1CCN(C(=O)C2CC2)CC1. The first-order chi connectivity index (χ1) is 12.1. The number of amides is 2. The van der Waals surface area contributed by atoms with Gasteiger partial charge in [0.25, 0.3) is 0 Å². The van der Waals surface area contributed by atoms with Crippen LogP contribution in [0, 0.1) is 11.8 Å². The number of piperidine rings is 1. The van der Waals surface area contributed by atoms with Crippen LogP contribution in [-0.2, 0) is 9.59 Å². The number of aromatic nitrogens is 1. The molecule has 132 valence electrons. The molecule has 1 aliphatic heterocycles. The fraction of sp³-hybridized carbons (Fsp3) is 0.471. The molecule has 2 fully saturated rings. The van der Waals surface area contributed by atoms with E-state index in [4.69, 9.17) is 0 Å². The van der Waals surface area contributed by atoms with E-state index < -0.39 is 0 Å². The van der Waals surface area contributed by atoms with Gasteiger partial charge in [-0.3, -0.25) is 9.59 Å². The number of rotatable bonds is 4. The number of hydrogen-bond donors (Lipinski definition) is 1. The second-order valence-electron chi connectivity index (χ2n) is 6.50. The Hall–Kier alpha value is -1.25. The van der Waals surface area contributed by atoms with Crippen LogP contribution in [0.15, 0.2) is 21.3 Å². The molecule has 1 saturated heterocycles. The van der Waals surface area contributed by atoms with Crippen LogP contribution in [0.1, 0.15) is 25.7 Å². The molecule has 2 aromatic heterocycles. The predicted octanol–water partition coefficient (Wildman–Crippen LogP) is 4.22. The van der Waals surface area contributed by atoms with Crippen molar-refractivity contribution in [1.29, 1.82) is 0 Å². The lowest BCUT2D eigenvalue weighted by Gasteiger charge is -2.31. The number of carbonyl (C=O) groups excluding carboxylic acids is 2. The van der Waals surface area contributed by atoms with Crippen molar-refractivity contribution in [2.24, 2.45) is 11.8 Å². The van der Waals surface area contributed by atoms with Crippen molar-refractivity contribution in [1.82, 2.24) is 9.88 Å².